The van der Waals surface area contributed by atoms with Crippen molar-refractivity contribution < 1.29 is 19.3 Å². The molecule has 0 aliphatic carbocycles. The Bertz CT molecular complexity index is 346. The predicted octanol–water partition coefficient (Wildman–Crippen LogP) is 1.48. The topological polar surface area (TPSA) is 47.9 Å². The van der Waals surface area contributed by atoms with Gasteiger partial charge < -0.3 is 19.3 Å². The minimum absolute atomic E-state index is 0.203. The fourth-order valence-electron chi connectivity index (χ4n) is 1.39. The monoisotopic (exact) mass is 196 g/mol. The van der Waals surface area contributed by atoms with Crippen LogP contribution in [0.4, 0.5) is 0 Å². The molecule has 0 aromatic heterocycles. The lowest BCUT2D eigenvalue weighted by atomic mass is 10.1. The van der Waals surface area contributed by atoms with Crippen molar-refractivity contribution in [1.29, 1.82) is 0 Å². The molecule has 0 bridgehead atoms. The molecule has 4 heteroatoms. The molecule has 0 amide bonds. The van der Waals surface area contributed by atoms with Crippen molar-refractivity contribution in [3.8, 4) is 17.2 Å². The summed E-state index contributed by atoms with van der Waals surface area (Å²) in [6.45, 7) is 1.89. The van der Waals surface area contributed by atoms with Crippen LogP contribution in [0.3, 0.4) is 0 Å². The Balaban J connectivity index is 2.49. The molecule has 1 atom stereocenters. The molecule has 4 nitrogen and oxygen atoms in total. The second-order valence-corrected chi connectivity index (χ2v) is 3.13. The normalized spacial score (nSPS) is 15.4. The summed E-state index contributed by atoms with van der Waals surface area (Å²) in [6.07, 6.45) is -0.543. The lowest BCUT2D eigenvalue weighted by molar-refractivity contribution is 0.171. The highest BCUT2D eigenvalue weighted by Gasteiger charge is 2.20. The quantitative estimate of drug-likeness (QED) is 0.778. The maximum absolute atomic E-state index is 9.42. The van der Waals surface area contributed by atoms with E-state index in [-0.39, 0.29) is 6.79 Å². The van der Waals surface area contributed by atoms with E-state index >= 15 is 0 Å². The molecule has 0 spiro atoms. The Morgan fingerprint density at radius 2 is 2.21 bits per heavy atom. The van der Waals surface area contributed by atoms with E-state index in [1.54, 1.807) is 26.2 Å². The van der Waals surface area contributed by atoms with Crippen LogP contribution in [0, 0.1) is 0 Å². The molecule has 1 aliphatic rings. The number of methoxy groups -OCH3 is 1. The van der Waals surface area contributed by atoms with Crippen molar-refractivity contribution in [3.05, 3.63) is 17.7 Å². The minimum Gasteiger partial charge on any atom is -0.493 e. The van der Waals surface area contributed by atoms with Crippen LogP contribution in [-0.2, 0) is 0 Å². The average Bonchev–Trinajstić information content (AvgIpc) is 2.63. The van der Waals surface area contributed by atoms with Gasteiger partial charge in [0, 0.05) is 0 Å². The van der Waals surface area contributed by atoms with Gasteiger partial charge in [-0.2, -0.15) is 0 Å². The van der Waals surface area contributed by atoms with Gasteiger partial charge in [-0.3, -0.25) is 0 Å². The van der Waals surface area contributed by atoms with Gasteiger partial charge in [-0.05, 0) is 24.6 Å². The summed E-state index contributed by atoms with van der Waals surface area (Å²) in [5, 5.41) is 9.42. The summed E-state index contributed by atoms with van der Waals surface area (Å²) in [6, 6.07) is 3.51. The Labute approximate surface area is 82.0 Å². The minimum atomic E-state index is -0.543. The fraction of sp³-hybridized carbons (Fsp3) is 0.400. The van der Waals surface area contributed by atoms with E-state index in [4.69, 9.17) is 14.2 Å². The lowest BCUT2D eigenvalue weighted by Crippen LogP contribution is -1.94. The van der Waals surface area contributed by atoms with Crippen LogP contribution in [0.5, 0.6) is 17.2 Å². The first-order chi connectivity index (χ1) is 6.72. The van der Waals surface area contributed by atoms with Gasteiger partial charge >= 0.3 is 0 Å². The van der Waals surface area contributed by atoms with E-state index in [1.165, 1.54) is 0 Å². The van der Waals surface area contributed by atoms with Gasteiger partial charge in [-0.25, -0.2) is 0 Å². The van der Waals surface area contributed by atoms with Gasteiger partial charge in [-0.1, -0.05) is 0 Å². The van der Waals surface area contributed by atoms with Gasteiger partial charge in [0.05, 0.1) is 13.2 Å². The Kier molecular flexibility index (Phi) is 2.21. The van der Waals surface area contributed by atoms with Gasteiger partial charge in [0.2, 0.25) is 12.5 Å². The number of benzene rings is 1. The number of ether oxygens (including phenoxy) is 3. The maximum Gasteiger partial charge on any atom is 0.231 e. The average molecular weight is 196 g/mol. The number of hydrogen-bond acceptors (Lipinski definition) is 4. The molecule has 1 unspecified atom stereocenters. The fourth-order valence-corrected chi connectivity index (χ4v) is 1.39. The lowest BCUT2D eigenvalue weighted by Gasteiger charge is -2.09. The molecule has 0 radical (unpaired) electrons. The summed E-state index contributed by atoms with van der Waals surface area (Å²) in [5.74, 6) is 1.83. The van der Waals surface area contributed by atoms with E-state index in [0.29, 0.717) is 17.2 Å². The first-order valence-corrected chi connectivity index (χ1v) is 4.38. The number of hydrogen-bond donors (Lipinski definition) is 1. The number of aliphatic hydroxyl groups is 1. The SMILES string of the molecule is COc1cc(C(C)O)cc2c1OCO2. The zero-order valence-electron chi connectivity index (χ0n) is 8.11. The van der Waals surface area contributed by atoms with Crippen LogP contribution >= 0.6 is 0 Å². The molecule has 1 aliphatic heterocycles. The predicted molar refractivity (Wildman–Crippen MR) is 49.8 cm³/mol. The third-order valence-electron chi connectivity index (χ3n) is 2.16. The van der Waals surface area contributed by atoms with Crippen LogP contribution < -0.4 is 14.2 Å². The molecule has 1 N–H and O–H groups in total. The third kappa shape index (κ3) is 1.37. The number of aliphatic hydroxyl groups excluding tert-OH is 1. The zero-order valence-corrected chi connectivity index (χ0v) is 8.11. The molecule has 14 heavy (non-hydrogen) atoms. The Morgan fingerprint density at radius 1 is 1.43 bits per heavy atom. The highest BCUT2D eigenvalue weighted by atomic mass is 16.7. The number of rotatable bonds is 2. The van der Waals surface area contributed by atoms with Crippen molar-refractivity contribution in [1.82, 2.24) is 0 Å². The first-order valence-electron chi connectivity index (χ1n) is 4.38. The van der Waals surface area contributed by atoms with Crippen LogP contribution in [0.2, 0.25) is 0 Å². The van der Waals surface area contributed by atoms with E-state index < -0.39 is 6.10 Å². The molecule has 0 fully saturated rings. The first kappa shape index (κ1) is 9.15. The largest absolute Gasteiger partial charge is 0.493 e. The molecule has 0 saturated carbocycles. The maximum atomic E-state index is 9.42. The molecule has 1 aromatic rings. The second-order valence-electron chi connectivity index (χ2n) is 3.13. The molecule has 76 valence electrons. The van der Waals surface area contributed by atoms with Crippen molar-refractivity contribution in [2.75, 3.05) is 13.9 Å². The standard InChI is InChI=1S/C10H12O4/c1-6(11)7-3-8(12-2)10-9(4-7)13-5-14-10/h3-4,6,11H,5H2,1-2H3. The number of fused-ring (bicyclic) bond motifs is 1. The zero-order chi connectivity index (χ0) is 10.1. The summed E-state index contributed by atoms with van der Waals surface area (Å²) in [5.41, 5.74) is 0.756. The van der Waals surface area contributed by atoms with E-state index in [1.807, 2.05) is 0 Å². The van der Waals surface area contributed by atoms with Crippen LogP contribution in [-0.4, -0.2) is 19.0 Å². The molecule has 1 heterocycles. The molecule has 2 rings (SSSR count). The van der Waals surface area contributed by atoms with Crippen molar-refractivity contribution in [2.45, 2.75) is 13.0 Å². The summed E-state index contributed by atoms with van der Waals surface area (Å²) < 4.78 is 15.6. The van der Waals surface area contributed by atoms with Gasteiger partial charge in [0.25, 0.3) is 0 Å². The van der Waals surface area contributed by atoms with Gasteiger partial charge in [-0.15, -0.1) is 0 Å². The van der Waals surface area contributed by atoms with Gasteiger partial charge in [0.1, 0.15) is 0 Å². The molecule has 1 aromatic carbocycles. The Hall–Kier alpha value is -1.42. The summed E-state index contributed by atoms with van der Waals surface area (Å²) in [4.78, 5) is 0. The summed E-state index contributed by atoms with van der Waals surface area (Å²) in [7, 11) is 1.56. The third-order valence-corrected chi connectivity index (χ3v) is 2.16. The highest BCUT2D eigenvalue weighted by Crippen LogP contribution is 2.42. The van der Waals surface area contributed by atoms with Crippen molar-refractivity contribution >= 4 is 0 Å². The van der Waals surface area contributed by atoms with Crippen LogP contribution in [0.1, 0.15) is 18.6 Å². The second kappa shape index (κ2) is 3.38. The molecular formula is C10H12O4. The smallest absolute Gasteiger partial charge is 0.231 e. The molecule has 0 saturated heterocycles. The Morgan fingerprint density at radius 3 is 2.86 bits per heavy atom. The van der Waals surface area contributed by atoms with Gasteiger partial charge in [0.15, 0.2) is 11.5 Å². The van der Waals surface area contributed by atoms with Crippen molar-refractivity contribution in [3.63, 3.8) is 0 Å². The van der Waals surface area contributed by atoms with Crippen LogP contribution in [0.25, 0.3) is 0 Å². The van der Waals surface area contributed by atoms with Crippen molar-refractivity contribution in [2.24, 2.45) is 0 Å². The van der Waals surface area contributed by atoms with E-state index in [0.717, 1.165) is 5.56 Å². The van der Waals surface area contributed by atoms with E-state index in [2.05, 4.69) is 0 Å². The van der Waals surface area contributed by atoms with E-state index in [9.17, 15) is 5.11 Å². The highest BCUT2D eigenvalue weighted by molar-refractivity contribution is 5.55. The summed E-state index contributed by atoms with van der Waals surface area (Å²) >= 11 is 0. The van der Waals surface area contributed by atoms with Crippen LogP contribution in [0.15, 0.2) is 12.1 Å². The molecular weight excluding hydrogens is 184 g/mol.